The third-order valence-corrected chi connectivity index (χ3v) is 5.26. The Bertz CT molecular complexity index is 424. The van der Waals surface area contributed by atoms with Crippen LogP contribution in [0.1, 0.15) is 42.9 Å². The summed E-state index contributed by atoms with van der Waals surface area (Å²) in [6.07, 6.45) is 8.00. The molecule has 0 heterocycles. The van der Waals surface area contributed by atoms with Crippen molar-refractivity contribution in [3.63, 3.8) is 0 Å². The Morgan fingerprint density at radius 3 is 2.78 bits per heavy atom. The van der Waals surface area contributed by atoms with E-state index in [0.717, 1.165) is 17.9 Å². The molecule has 1 saturated carbocycles. The first-order valence-corrected chi connectivity index (χ1v) is 7.56. The summed E-state index contributed by atoms with van der Waals surface area (Å²) in [6, 6.07) is 7.99. The molecule has 1 heteroatoms. The number of hydrogen-bond acceptors (Lipinski definition) is 1. The second kappa shape index (κ2) is 5.05. The molecule has 18 heavy (non-hydrogen) atoms. The van der Waals surface area contributed by atoms with Gasteiger partial charge in [-0.1, -0.05) is 25.1 Å². The summed E-state index contributed by atoms with van der Waals surface area (Å²) in [4.78, 5) is 0. The number of rotatable bonds is 3. The van der Waals surface area contributed by atoms with Crippen LogP contribution in [0.3, 0.4) is 0 Å². The topological polar surface area (TPSA) is 12.0 Å². The predicted octanol–water partition coefficient (Wildman–Crippen LogP) is 3.35. The van der Waals surface area contributed by atoms with E-state index in [9.17, 15) is 0 Å². The molecule has 0 aliphatic heterocycles. The minimum Gasteiger partial charge on any atom is -0.317 e. The van der Waals surface area contributed by atoms with Crippen LogP contribution in [0.4, 0.5) is 0 Å². The van der Waals surface area contributed by atoms with Crippen molar-refractivity contribution in [1.82, 2.24) is 5.32 Å². The van der Waals surface area contributed by atoms with Crippen molar-refractivity contribution in [1.29, 1.82) is 0 Å². The fraction of sp³-hybridized carbons (Fsp3) is 0.647. The second-order valence-electron chi connectivity index (χ2n) is 6.25. The van der Waals surface area contributed by atoms with Gasteiger partial charge >= 0.3 is 0 Å². The molecule has 0 aromatic heterocycles. The number of aryl methyl sites for hydroxylation is 2. The van der Waals surface area contributed by atoms with Gasteiger partial charge in [-0.15, -0.1) is 0 Å². The van der Waals surface area contributed by atoms with Crippen molar-refractivity contribution in [2.45, 2.75) is 51.5 Å². The third-order valence-electron chi connectivity index (χ3n) is 5.26. The Hall–Kier alpha value is -0.820. The van der Waals surface area contributed by atoms with Gasteiger partial charge in [0, 0.05) is 6.04 Å². The lowest BCUT2D eigenvalue weighted by molar-refractivity contribution is 0.364. The number of nitrogens with one attached hydrogen (secondary N) is 1. The molecule has 0 bridgehead atoms. The first kappa shape index (κ1) is 12.2. The minimum absolute atomic E-state index is 0.740. The maximum Gasteiger partial charge on any atom is 0.00925 e. The maximum atomic E-state index is 3.47. The maximum absolute atomic E-state index is 3.47. The van der Waals surface area contributed by atoms with Gasteiger partial charge in [-0.05, 0) is 74.1 Å². The van der Waals surface area contributed by atoms with Crippen LogP contribution in [0.15, 0.2) is 18.2 Å². The SMILES string of the molecule is CNC1CCC(Cc2ccc3c(c2)CCC3)C1C. The van der Waals surface area contributed by atoms with E-state index in [4.69, 9.17) is 0 Å². The second-order valence-corrected chi connectivity index (χ2v) is 6.25. The lowest BCUT2D eigenvalue weighted by atomic mass is 9.89. The predicted molar refractivity (Wildman–Crippen MR) is 76.9 cm³/mol. The first-order valence-electron chi connectivity index (χ1n) is 7.56. The summed E-state index contributed by atoms with van der Waals surface area (Å²) >= 11 is 0. The molecule has 1 aromatic rings. The Labute approximate surface area is 111 Å². The molecule has 3 unspecified atom stereocenters. The zero-order chi connectivity index (χ0) is 12.5. The van der Waals surface area contributed by atoms with Crippen LogP contribution in [0.5, 0.6) is 0 Å². The van der Waals surface area contributed by atoms with Gasteiger partial charge in [0.15, 0.2) is 0 Å². The van der Waals surface area contributed by atoms with Gasteiger partial charge < -0.3 is 5.32 Å². The highest BCUT2D eigenvalue weighted by Gasteiger charge is 2.31. The summed E-state index contributed by atoms with van der Waals surface area (Å²) in [5.41, 5.74) is 4.80. The van der Waals surface area contributed by atoms with Crippen LogP contribution in [0, 0.1) is 11.8 Å². The van der Waals surface area contributed by atoms with Gasteiger partial charge in [0.25, 0.3) is 0 Å². The van der Waals surface area contributed by atoms with Crippen molar-refractivity contribution < 1.29 is 0 Å². The third kappa shape index (κ3) is 2.21. The molecular weight excluding hydrogens is 218 g/mol. The molecule has 1 fully saturated rings. The summed E-state index contributed by atoms with van der Waals surface area (Å²) in [5.74, 6) is 1.70. The van der Waals surface area contributed by atoms with Crippen molar-refractivity contribution in [2.75, 3.05) is 7.05 Å². The lowest BCUT2D eigenvalue weighted by Crippen LogP contribution is -2.29. The van der Waals surface area contributed by atoms with E-state index >= 15 is 0 Å². The Morgan fingerprint density at radius 2 is 2.00 bits per heavy atom. The van der Waals surface area contributed by atoms with E-state index in [1.807, 2.05) is 0 Å². The molecule has 3 rings (SSSR count). The molecule has 98 valence electrons. The van der Waals surface area contributed by atoms with Crippen LogP contribution in [0.2, 0.25) is 0 Å². The van der Waals surface area contributed by atoms with E-state index < -0.39 is 0 Å². The smallest absolute Gasteiger partial charge is 0.00925 e. The molecule has 0 saturated heterocycles. The fourth-order valence-corrected chi connectivity index (χ4v) is 4.00. The number of benzene rings is 1. The molecule has 1 N–H and O–H groups in total. The summed E-state index contributed by atoms with van der Waals surface area (Å²) < 4.78 is 0. The molecule has 0 amide bonds. The number of fused-ring (bicyclic) bond motifs is 1. The average Bonchev–Trinajstić information content (AvgIpc) is 2.97. The molecular formula is C17H25N. The standard InChI is InChI=1S/C17H25N/c1-12-15(8-9-17(12)18-2)10-13-6-7-14-4-3-5-16(14)11-13/h6-7,11-12,15,17-18H,3-5,8-10H2,1-2H3. The van der Waals surface area contributed by atoms with Gasteiger partial charge in [0.2, 0.25) is 0 Å². The van der Waals surface area contributed by atoms with Gasteiger partial charge in [-0.3, -0.25) is 0 Å². The zero-order valence-corrected chi connectivity index (χ0v) is 11.7. The molecule has 0 spiro atoms. The summed E-state index contributed by atoms with van der Waals surface area (Å²) in [7, 11) is 2.11. The molecule has 1 aromatic carbocycles. The average molecular weight is 243 g/mol. The molecule has 3 atom stereocenters. The minimum atomic E-state index is 0.740. The van der Waals surface area contributed by atoms with Crippen molar-refractivity contribution in [3.8, 4) is 0 Å². The Kier molecular flexibility index (Phi) is 3.43. The zero-order valence-electron chi connectivity index (χ0n) is 11.7. The first-order chi connectivity index (χ1) is 8.78. The highest BCUT2D eigenvalue weighted by atomic mass is 14.9. The highest BCUT2D eigenvalue weighted by molar-refractivity contribution is 5.35. The van der Waals surface area contributed by atoms with Crippen molar-refractivity contribution in [2.24, 2.45) is 11.8 Å². The summed E-state index contributed by atoms with van der Waals surface area (Å²) in [6.45, 7) is 2.42. The molecule has 0 radical (unpaired) electrons. The molecule has 2 aliphatic rings. The normalized spacial score (nSPS) is 30.7. The Morgan fingerprint density at radius 1 is 1.17 bits per heavy atom. The van der Waals surface area contributed by atoms with Gasteiger partial charge in [-0.25, -0.2) is 0 Å². The van der Waals surface area contributed by atoms with Crippen LogP contribution in [-0.2, 0) is 19.3 Å². The van der Waals surface area contributed by atoms with Crippen LogP contribution < -0.4 is 5.32 Å². The van der Waals surface area contributed by atoms with E-state index in [-0.39, 0.29) is 0 Å². The number of hydrogen-bond donors (Lipinski definition) is 1. The van der Waals surface area contributed by atoms with Gasteiger partial charge in [-0.2, -0.15) is 0 Å². The van der Waals surface area contributed by atoms with Crippen LogP contribution in [-0.4, -0.2) is 13.1 Å². The van der Waals surface area contributed by atoms with E-state index in [2.05, 4.69) is 37.5 Å². The van der Waals surface area contributed by atoms with Gasteiger partial charge in [0.05, 0.1) is 0 Å². The highest BCUT2D eigenvalue weighted by Crippen LogP contribution is 2.34. The summed E-state index contributed by atoms with van der Waals surface area (Å²) in [5, 5.41) is 3.47. The lowest BCUT2D eigenvalue weighted by Gasteiger charge is -2.20. The molecule has 2 aliphatic carbocycles. The quantitative estimate of drug-likeness (QED) is 0.858. The largest absolute Gasteiger partial charge is 0.317 e. The van der Waals surface area contributed by atoms with Crippen molar-refractivity contribution in [3.05, 3.63) is 34.9 Å². The fourth-order valence-electron chi connectivity index (χ4n) is 4.00. The van der Waals surface area contributed by atoms with E-state index in [1.165, 1.54) is 38.5 Å². The molecule has 1 nitrogen and oxygen atoms in total. The Balaban J connectivity index is 1.70. The monoisotopic (exact) mass is 243 g/mol. The van der Waals surface area contributed by atoms with E-state index in [0.29, 0.717) is 0 Å². The van der Waals surface area contributed by atoms with Gasteiger partial charge in [0.1, 0.15) is 0 Å². The van der Waals surface area contributed by atoms with Crippen LogP contribution in [0.25, 0.3) is 0 Å². The van der Waals surface area contributed by atoms with Crippen LogP contribution >= 0.6 is 0 Å². The van der Waals surface area contributed by atoms with E-state index in [1.54, 1.807) is 16.7 Å². The van der Waals surface area contributed by atoms with Crippen molar-refractivity contribution >= 4 is 0 Å².